The average Bonchev–Trinajstić information content (AvgIpc) is 2.47. The van der Waals surface area contributed by atoms with Crippen molar-refractivity contribution in [2.45, 2.75) is 0 Å². The lowest BCUT2D eigenvalue weighted by Gasteiger charge is -2.28. The van der Waals surface area contributed by atoms with Crippen LogP contribution in [0.2, 0.25) is 0 Å². The van der Waals surface area contributed by atoms with Crippen molar-refractivity contribution in [2.75, 3.05) is 31.2 Å². The van der Waals surface area contributed by atoms with Crippen molar-refractivity contribution in [3.63, 3.8) is 0 Å². The third kappa shape index (κ3) is 2.31. The number of benzene rings is 1. The number of fused-ring (bicyclic) bond motifs is 1. The van der Waals surface area contributed by atoms with Crippen molar-refractivity contribution >= 4 is 22.7 Å². The molecule has 0 unspecified atom stereocenters. The van der Waals surface area contributed by atoms with Gasteiger partial charge in [0.2, 0.25) is 0 Å². The van der Waals surface area contributed by atoms with Gasteiger partial charge in [0, 0.05) is 18.5 Å². The molecule has 2 heterocycles. The van der Waals surface area contributed by atoms with Gasteiger partial charge in [0.25, 0.3) is 0 Å². The summed E-state index contributed by atoms with van der Waals surface area (Å²) >= 11 is 0. The van der Waals surface area contributed by atoms with Gasteiger partial charge in [-0.15, -0.1) is 0 Å². The molecule has 3 rings (SSSR count). The fourth-order valence-corrected chi connectivity index (χ4v) is 2.33. The van der Waals surface area contributed by atoms with Gasteiger partial charge in [0.1, 0.15) is 11.3 Å². The van der Waals surface area contributed by atoms with E-state index in [1.807, 2.05) is 12.1 Å². The second-order valence-electron chi connectivity index (χ2n) is 4.57. The summed E-state index contributed by atoms with van der Waals surface area (Å²) in [5.74, 6) is -0.305. The van der Waals surface area contributed by atoms with E-state index in [9.17, 15) is 4.39 Å². The summed E-state index contributed by atoms with van der Waals surface area (Å²) in [6.07, 6.45) is 3.37. The predicted octanol–water partition coefficient (Wildman–Crippen LogP) is 2.85. The maximum atomic E-state index is 13.9. The number of aromatic nitrogens is 1. The van der Waals surface area contributed by atoms with E-state index < -0.39 is 0 Å². The van der Waals surface area contributed by atoms with Gasteiger partial charge < -0.3 is 9.64 Å². The fraction of sp³-hybridized carbons (Fsp3) is 0.267. The fourth-order valence-electron chi connectivity index (χ4n) is 2.33. The monoisotopic (exact) mass is 258 g/mol. The number of nitrogens with zero attached hydrogens (tertiary/aromatic N) is 2. The van der Waals surface area contributed by atoms with Crippen molar-refractivity contribution < 1.29 is 9.13 Å². The number of hydrogen-bond acceptors (Lipinski definition) is 3. The molecule has 0 amide bonds. The Morgan fingerprint density at radius 1 is 1.26 bits per heavy atom. The summed E-state index contributed by atoms with van der Waals surface area (Å²) in [5, 5.41) is 0.805. The van der Waals surface area contributed by atoms with E-state index in [1.54, 1.807) is 12.3 Å². The van der Waals surface area contributed by atoms with Crippen LogP contribution in [0.4, 0.5) is 10.1 Å². The van der Waals surface area contributed by atoms with Crippen LogP contribution in [0.25, 0.3) is 17.0 Å². The van der Waals surface area contributed by atoms with Gasteiger partial charge in [-0.3, -0.25) is 4.98 Å². The van der Waals surface area contributed by atoms with Crippen LogP contribution in [0.1, 0.15) is 5.56 Å². The summed E-state index contributed by atoms with van der Waals surface area (Å²) < 4.78 is 19.2. The Labute approximate surface area is 111 Å². The summed E-state index contributed by atoms with van der Waals surface area (Å²) in [5.41, 5.74) is 2.19. The maximum Gasteiger partial charge on any atom is 0.150 e. The molecule has 3 nitrogen and oxygen atoms in total. The molecule has 2 aromatic rings. The van der Waals surface area contributed by atoms with Gasteiger partial charge in [0.15, 0.2) is 0 Å². The highest BCUT2D eigenvalue weighted by molar-refractivity contribution is 5.84. The first kappa shape index (κ1) is 12.1. The van der Waals surface area contributed by atoms with Crippen molar-refractivity contribution in [2.24, 2.45) is 0 Å². The quantitative estimate of drug-likeness (QED) is 0.828. The van der Waals surface area contributed by atoms with Crippen LogP contribution in [0.5, 0.6) is 0 Å². The second-order valence-corrected chi connectivity index (χ2v) is 4.57. The molecule has 1 aliphatic rings. The van der Waals surface area contributed by atoms with Crippen molar-refractivity contribution in [1.82, 2.24) is 4.98 Å². The highest BCUT2D eigenvalue weighted by atomic mass is 19.1. The van der Waals surface area contributed by atoms with E-state index in [-0.39, 0.29) is 5.82 Å². The van der Waals surface area contributed by atoms with Gasteiger partial charge in [0.05, 0.1) is 25.1 Å². The molecule has 1 aliphatic heterocycles. The molecule has 0 aliphatic carbocycles. The Kier molecular flexibility index (Phi) is 3.17. The number of morpholine rings is 1. The predicted molar refractivity (Wildman–Crippen MR) is 74.8 cm³/mol. The lowest BCUT2D eigenvalue weighted by Crippen LogP contribution is -2.36. The van der Waals surface area contributed by atoms with E-state index in [0.717, 1.165) is 42.9 Å². The third-order valence-corrected chi connectivity index (χ3v) is 3.36. The van der Waals surface area contributed by atoms with E-state index in [2.05, 4.69) is 16.5 Å². The molecule has 1 aromatic carbocycles. The first-order valence-electron chi connectivity index (χ1n) is 6.32. The molecule has 1 saturated heterocycles. The Morgan fingerprint density at radius 2 is 2.05 bits per heavy atom. The van der Waals surface area contributed by atoms with Crippen molar-refractivity contribution in [1.29, 1.82) is 0 Å². The summed E-state index contributed by atoms with van der Waals surface area (Å²) in [6.45, 7) is 6.81. The smallest absolute Gasteiger partial charge is 0.150 e. The Balaban J connectivity index is 2.06. The standard InChI is InChI=1S/C15H15FN2O/c1-2-11-7-12-9-13(18-3-5-19-6-4-18)10-17-15(12)14(16)8-11/h2,7-10H,1,3-6H2. The zero-order chi connectivity index (χ0) is 13.2. The molecular formula is C15H15FN2O. The zero-order valence-corrected chi connectivity index (χ0v) is 10.6. The summed E-state index contributed by atoms with van der Waals surface area (Å²) in [6, 6.07) is 5.34. The molecular weight excluding hydrogens is 243 g/mol. The number of rotatable bonds is 2. The van der Waals surface area contributed by atoms with Crippen LogP contribution in [-0.4, -0.2) is 31.3 Å². The minimum absolute atomic E-state index is 0.305. The number of hydrogen-bond donors (Lipinski definition) is 0. The number of anilines is 1. The molecule has 98 valence electrons. The maximum absolute atomic E-state index is 13.9. The molecule has 0 N–H and O–H groups in total. The molecule has 19 heavy (non-hydrogen) atoms. The van der Waals surface area contributed by atoms with E-state index in [0.29, 0.717) is 5.52 Å². The number of ether oxygens (including phenoxy) is 1. The summed E-state index contributed by atoms with van der Waals surface area (Å²) in [4.78, 5) is 6.44. The first-order chi connectivity index (χ1) is 9.28. The van der Waals surface area contributed by atoms with Crippen molar-refractivity contribution in [3.05, 3.63) is 42.4 Å². The van der Waals surface area contributed by atoms with Crippen LogP contribution in [0.3, 0.4) is 0 Å². The molecule has 0 atom stereocenters. The SMILES string of the molecule is C=Cc1cc(F)c2ncc(N3CCOCC3)cc2c1. The molecule has 4 heteroatoms. The van der Waals surface area contributed by atoms with Gasteiger partial charge in [-0.1, -0.05) is 12.7 Å². The van der Waals surface area contributed by atoms with Gasteiger partial charge in [-0.25, -0.2) is 4.39 Å². The largest absolute Gasteiger partial charge is 0.378 e. The lowest BCUT2D eigenvalue weighted by molar-refractivity contribution is 0.122. The molecule has 0 saturated carbocycles. The Morgan fingerprint density at radius 3 is 2.79 bits per heavy atom. The average molecular weight is 258 g/mol. The first-order valence-corrected chi connectivity index (χ1v) is 6.32. The molecule has 1 fully saturated rings. The molecule has 0 radical (unpaired) electrons. The minimum atomic E-state index is -0.305. The molecule has 1 aromatic heterocycles. The summed E-state index contributed by atoms with van der Waals surface area (Å²) in [7, 11) is 0. The Hall–Kier alpha value is -1.94. The van der Waals surface area contributed by atoms with Crippen LogP contribution >= 0.6 is 0 Å². The van der Waals surface area contributed by atoms with E-state index in [4.69, 9.17) is 4.74 Å². The molecule has 0 spiro atoms. The number of halogens is 1. The van der Waals surface area contributed by atoms with Gasteiger partial charge >= 0.3 is 0 Å². The highest BCUT2D eigenvalue weighted by Gasteiger charge is 2.13. The molecule has 0 bridgehead atoms. The van der Waals surface area contributed by atoms with Crippen molar-refractivity contribution in [3.8, 4) is 0 Å². The van der Waals surface area contributed by atoms with E-state index in [1.165, 1.54) is 6.07 Å². The normalized spacial score (nSPS) is 15.7. The van der Waals surface area contributed by atoms with Crippen LogP contribution < -0.4 is 4.90 Å². The third-order valence-electron chi connectivity index (χ3n) is 3.36. The topological polar surface area (TPSA) is 25.4 Å². The van der Waals surface area contributed by atoms with Crippen LogP contribution in [-0.2, 0) is 4.74 Å². The lowest BCUT2D eigenvalue weighted by atomic mass is 10.1. The van der Waals surface area contributed by atoms with Crippen LogP contribution in [0.15, 0.2) is 31.0 Å². The second kappa shape index (κ2) is 4.97. The van der Waals surface area contributed by atoms with Gasteiger partial charge in [-0.2, -0.15) is 0 Å². The van der Waals surface area contributed by atoms with Crippen LogP contribution in [0, 0.1) is 5.82 Å². The Bertz CT molecular complexity index is 621. The highest BCUT2D eigenvalue weighted by Crippen LogP contribution is 2.24. The minimum Gasteiger partial charge on any atom is -0.378 e. The number of pyridine rings is 1. The van der Waals surface area contributed by atoms with E-state index >= 15 is 0 Å². The zero-order valence-electron chi connectivity index (χ0n) is 10.6. The van der Waals surface area contributed by atoms with Gasteiger partial charge in [-0.05, 0) is 23.8 Å².